The van der Waals surface area contributed by atoms with E-state index in [2.05, 4.69) is 5.32 Å². The molecule has 0 aliphatic heterocycles. The van der Waals surface area contributed by atoms with Gasteiger partial charge in [0.05, 0.1) is 19.1 Å². The molecular weight excluding hydrogens is 316 g/mol. The Morgan fingerprint density at radius 1 is 1.26 bits per heavy atom. The summed E-state index contributed by atoms with van der Waals surface area (Å²) in [5, 5.41) is 2.86. The van der Waals surface area contributed by atoms with E-state index in [9.17, 15) is 13.2 Å². The molecule has 7 heteroatoms. The van der Waals surface area contributed by atoms with Crippen molar-refractivity contribution in [2.45, 2.75) is 45.7 Å². The fraction of sp³-hybridized carbons (Fsp3) is 0.562. The summed E-state index contributed by atoms with van der Waals surface area (Å²) in [4.78, 5) is 12.4. The van der Waals surface area contributed by atoms with E-state index in [0.29, 0.717) is 11.4 Å². The lowest BCUT2D eigenvalue weighted by Gasteiger charge is -2.29. The number of hydrogen-bond acceptors (Lipinski definition) is 4. The van der Waals surface area contributed by atoms with Gasteiger partial charge in [0.25, 0.3) is 0 Å². The Balaban J connectivity index is 3.04. The number of methoxy groups -OCH3 is 1. The van der Waals surface area contributed by atoms with E-state index in [1.807, 2.05) is 13.8 Å². The highest BCUT2D eigenvalue weighted by Gasteiger charge is 2.29. The van der Waals surface area contributed by atoms with Gasteiger partial charge in [-0.25, -0.2) is 8.42 Å². The molecule has 130 valence electrons. The van der Waals surface area contributed by atoms with Crippen LogP contribution in [0.1, 0.15) is 33.6 Å². The topological polar surface area (TPSA) is 75.7 Å². The molecule has 0 fully saturated rings. The van der Waals surface area contributed by atoms with Gasteiger partial charge >= 0.3 is 0 Å². The van der Waals surface area contributed by atoms with Gasteiger partial charge in [0.1, 0.15) is 11.8 Å². The maximum atomic E-state index is 12.4. The fourth-order valence-corrected chi connectivity index (χ4v) is 3.58. The number of sulfonamides is 1. The average molecular weight is 342 g/mol. The highest BCUT2D eigenvalue weighted by Crippen LogP contribution is 2.23. The van der Waals surface area contributed by atoms with Crippen molar-refractivity contribution in [1.29, 1.82) is 0 Å². The summed E-state index contributed by atoms with van der Waals surface area (Å²) in [6.07, 6.45) is 2.89. The third-order valence-corrected chi connectivity index (χ3v) is 4.77. The molecule has 2 atom stereocenters. The second kappa shape index (κ2) is 8.19. The molecular formula is C16H26N2O4S. The Morgan fingerprint density at radius 2 is 1.83 bits per heavy atom. The molecule has 0 aliphatic rings. The van der Waals surface area contributed by atoms with Crippen LogP contribution < -0.4 is 14.4 Å². The fourth-order valence-electron chi connectivity index (χ4n) is 2.41. The van der Waals surface area contributed by atoms with Crippen molar-refractivity contribution in [2.75, 3.05) is 17.7 Å². The Morgan fingerprint density at radius 3 is 2.26 bits per heavy atom. The molecule has 1 amide bonds. The lowest BCUT2D eigenvalue weighted by Crippen LogP contribution is -2.49. The van der Waals surface area contributed by atoms with Crippen LogP contribution in [0.2, 0.25) is 0 Å². The van der Waals surface area contributed by atoms with Crippen LogP contribution in [0.4, 0.5) is 5.69 Å². The third kappa shape index (κ3) is 5.42. The van der Waals surface area contributed by atoms with Gasteiger partial charge in [-0.15, -0.1) is 0 Å². The number of rotatable bonds is 8. The first kappa shape index (κ1) is 19.3. The monoisotopic (exact) mass is 342 g/mol. The highest BCUT2D eigenvalue weighted by atomic mass is 32.2. The van der Waals surface area contributed by atoms with E-state index >= 15 is 0 Å². The Labute approximate surface area is 138 Å². The third-order valence-electron chi connectivity index (χ3n) is 3.53. The van der Waals surface area contributed by atoms with Gasteiger partial charge < -0.3 is 10.1 Å². The molecule has 0 heterocycles. The van der Waals surface area contributed by atoms with Crippen LogP contribution in [0.5, 0.6) is 5.75 Å². The first-order valence-corrected chi connectivity index (χ1v) is 9.49. The van der Waals surface area contributed by atoms with Crippen molar-refractivity contribution in [3.05, 3.63) is 24.3 Å². The molecule has 0 radical (unpaired) electrons. The van der Waals surface area contributed by atoms with Crippen molar-refractivity contribution < 1.29 is 17.9 Å². The second-order valence-electron chi connectivity index (χ2n) is 5.63. The number of carbonyl (C=O) groups is 1. The SMILES string of the molecule is CCC[C@H](C)NC(=O)[C@H](C)N(c1ccc(OC)cc1)S(C)(=O)=O. The quantitative estimate of drug-likeness (QED) is 0.785. The number of nitrogens with zero attached hydrogens (tertiary/aromatic N) is 1. The number of amides is 1. The van der Waals surface area contributed by atoms with E-state index in [-0.39, 0.29) is 11.9 Å². The normalized spacial score (nSPS) is 14.0. The Bertz CT molecular complexity index is 613. The average Bonchev–Trinajstić information content (AvgIpc) is 2.46. The van der Waals surface area contributed by atoms with Crippen LogP contribution in [0, 0.1) is 0 Å². The second-order valence-corrected chi connectivity index (χ2v) is 7.49. The number of anilines is 1. The van der Waals surface area contributed by atoms with Crippen molar-refractivity contribution in [3.63, 3.8) is 0 Å². The molecule has 0 aliphatic carbocycles. The molecule has 6 nitrogen and oxygen atoms in total. The molecule has 1 aromatic rings. The van der Waals surface area contributed by atoms with E-state index in [1.165, 1.54) is 7.11 Å². The summed E-state index contributed by atoms with van der Waals surface area (Å²) in [6, 6.07) is 5.75. The van der Waals surface area contributed by atoms with Gasteiger partial charge in [-0.3, -0.25) is 9.10 Å². The first-order valence-electron chi connectivity index (χ1n) is 7.64. The minimum Gasteiger partial charge on any atom is -0.497 e. The predicted molar refractivity (Wildman–Crippen MR) is 92.3 cm³/mol. The maximum absolute atomic E-state index is 12.4. The van der Waals surface area contributed by atoms with Crippen LogP contribution in [-0.4, -0.2) is 39.8 Å². The summed E-state index contributed by atoms with van der Waals surface area (Å²) in [6.45, 7) is 5.53. The summed E-state index contributed by atoms with van der Waals surface area (Å²) >= 11 is 0. The van der Waals surface area contributed by atoms with Crippen LogP contribution >= 0.6 is 0 Å². The minimum absolute atomic E-state index is 0.00669. The molecule has 0 bridgehead atoms. The van der Waals surface area contributed by atoms with E-state index in [4.69, 9.17) is 4.74 Å². The molecule has 0 saturated heterocycles. The van der Waals surface area contributed by atoms with Crippen molar-refractivity contribution >= 4 is 21.6 Å². The molecule has 0 unspecified atom stereocenters. The number of ether oxygens (including phenoxy) is 1. The van der Waals surface area contributed by atoms with Gasteiger partial charge in [-0.2, -0.15) is 0 Å². The number of benzene rings is 1. The summed E-state index contributed by atoms with van der Waals surface area (Å²) in [5.41, 5.74) is 0.430. The number of hydrogen-bond donors (Lipinski definition) is 1. The molecule has 1 aromatic carbocycles. The van der Waals surface area contributed by atoms with Crippen LogP contribution in [0.15, 0.2) is 24.3 Å². The molecule has 0 saturated carbocycles. The predicted octanol–water partition coefficient (Wildman–Crippen LogP) is 2.15. The zero-order valence-electron chi connectivity index (χ0n) is 14.4. The number of nitrogens with one attached hydrogen (secondary N) is 1. The van der Waals surface area contributed by atoms with Gasteiger partial charge in [-0.1, -0.05) is 13.3 Å². The van der Waals surface area contributed by atoms with Gasteiger partial charge in [0, 0.05) is 6.04 Å². The zero-order chi connectivity index (χ0) is 17.6. The molecule has 1 N–H and O–H groups in total. The van der Waals surface area contributed by atoms with Crippen LogP contribution in [-0.2, 0) is 14.8 Å². The Hall–Kier alpha value is -1.76. The van der Waals surface area contributed by atoms with E-state index in [0.717, 1.165) is 23.4 Å². The lowest BCUT2D eigenvalue weighted by molar-refractivity contribution is -0.122. The van der Waals surface area contributed by atoms with Gasteiger partial charge in [-0.05, 0) is 44.5 Å². The standard InChI is InChI=1S/C16H26N2O4S/c1-6-7-12(2)17-16(19)13(3)18(23(5,20)21)14-8-10-15(22-4)11-9-14/h8-13H,6-7H2,1-5H3,(H,17,19)/t12-,13-/m0/s1. The van der Waals surface area contributed by atoms with Gasteiger partial charge in [0.2, 0.25) is 15.9 Å². The molecule has 0 aromatic heterocycles. The highest BCUT2D eigenvalue weighted by molar-refractivity contribution is 7.92. The van der Waals surface area contributed by atoms with Gasteiger partial charge in [0.15, 0.2) is 0 Å². The minimum atomic E-state index is -3.60. The maximum Gasteiger partial charge on any atom is 0.243 e. The van der Waals surface area contributed by atoms with Crippen molar-refractivity contribution in [3.8, 4) is 5.75 Å². The molecule has 1 rings (SSSR count). The van der Waals surface area contributed by atoms with Crippen LogP contribution in [0.3, 0.4) is 0 Å². The summed E-state index contributed by atoms with van der Waals surface area (Å²) in [7, 11) is -2.06. The van der Waals surface area contributed by atoms with Crippen molar-refractivity contribution in [1.82, 2.24) is 5.32 Å². The zero-order valence-corrected chi connectivity index (χ0v) is 15.2. The smallest absolute Gasteiger partial charge is 0.243 e. The largest absolute Gasteiger partial charge is 0.497 e. The van der Waals surface area contributed by atoms with E-state index in [1.54, 1.807) is 31.2 Å². The molecule has 23 heavy (non-hydrogen) atoms. The molecule has 0 spiro atoms. The summed E-state index contributed by atoms with van der Waals surface area (Å²) < 4.78 is 30.5. The van der Waals surface area contributed by atoms with Crippen LogP contribution in [0.25, 0.3) is 0 Å². The number of carbonyl (C=O) groups excluding carboxylic acids is 1. The summed E-state index contributed by atoms with van der Waals surface area (Å²) in [5.74, 6) is 0.308. The Kier molecular flexibility index (Phi) is 6.87. The van der Waals surface area contributed by atoms with Crippen molar-refractivity contribution in [2.24, 2.45) is 0 Å². The van der Waals surface area contributed by atoms with E-state index < -0.39 is 16.1 Å². The lowest BCUT2D eigenvalue weighted by atomic mass is 10.2. The first-order chi connectivity index (χ1) is 10.7.